The number of piperidine rings is 1. The third kappa shape index (κ3) is 3.46. The molecule has 1 aromatic heterocycles. The van der Waals surface area contributed by atoms with Crippen LogP contribution in [-0.4, -0.2) is 47.2 Å². The maximum atomic E-state index is 11.8. The lowest BCUT2D eigenvalue weighted by molar-refractivity contribution is 0.287. The van der Waals surface area contributed by atoms with Crippen LogP contribution in [0.1, 0.15) is 44.3 Å². The summed E-state index contributed by atoms with van der Waals surface area (Å²) in [5, 5.41) is 3.55. The predicted octanol–water partition coefficient (Wildman–Crippen LogP) is 1.12. The van der Waals surface area contributed by atoms with Gasteiger partial charge in [-0.15, -0.1) is 0 Å². The van der Waals surface area contributed by atoms with E-state index in [4.69, 9.17) is 0 Å². The fourth-order valence-electron chi connectivity index (χ4n) is 2.92. The molecule has 2 heterocycles. The van der Waals surface area contributed by atoms with Crippen LogP contribution in [-0.2, 0) is 16.6 Å². The van der Waals surface area contributed by atoms with Crippen molar-refractivity contribution >= 4 is 10.0 Å². The van der Waals surface area contributed by atoms with Crippen molar-refractivity contribution in [3.05, 3.63) is 18.2 Å². The Morgan fingerprint density at radius 1 is 1.29 bits per heavy atom. The number of aromatic nitrogens is 2. The molecule has 1 aliphatic heterocycles. The molecular weight excluding hydrogens is 288 g/mol. The number of hydrogen-bond donors (Lipinski definition) is 1. The lowest BCUT2D eigenvalue weighted by Gasteiger charge is -2.31. The molecule has 0 bridgehead atoms. The SMILES string of the molecule is CCS(=O)(=O)N1CCC(NCc2cncn2C2CC2)CC1. The standard InChI is InChI=1S/C14H24N4O2S/c1-2-21(19,20)17-7-5-12(6-8-17)16-10-14-9-15-11-18(14)13-3-4-13/h9,11-13,16H,2-8,10H2,1H3. The van der Waals surface area contributed by atoms with E-state index in [9.17, 15) is 8.42 Å². The van der Waals surface area contributed by atoms with Crippen LogP contribution in [0.3, 0.4) is 0 Å². The van der Waals surface area contributed by atoms with Crippen molar-refractivity contribution in [2.45, 2.75) is 51.2 Å². The Hall–Kier alpha value is -0.920. The van der Waals surface area contributed by atoms with Crippen molar-refractivity contribution in [2.24, 2.45) is 0 Å². The largest absolute Gasteiger partial charge is 0.330 e. The smallest absolute Gasteiger partial charge is 0.213 e. The van der Waals surface area contributed by atoms with Crippen LogP contribution in [0.2, 0.25) is 0 Å². The highest BCUT2D eigenvalue weighted by molar-refractivity contribution is 7.89. The van der Waals surface area contributed by atoms with Crippen LogP contribution in [0, 0.1) is 0 Å². The number of imidazole rings is 1. The molecule has 7 heteroatoms. The van der Waals surface area contributed by atoms with Crippen LogP contribution in [0.5, 0.6) is 0 Å². The molecule has 1 saturated heterocycles. The second-order valence-electron chi connectivity index (χ2n) is 5.98. The van der Waals surface area contributed by atoms with E-state index in [2.05, 4.69) is 14.9 Å². The Kier molecular flexibility index (Phi) is 4.33. The van der Waals surface area contributed by atoms with Crippen LogP contribution in [0.15, 0.2) is 12.5 Å². The number of hydrogen-bond acceptors (Lipinski definition) is 4. The van der Waals surface area contributed by atoms with Crippen molar-refractivity contribution in [3.63, 3.8) is 0 Å². The van der Waals surface area contributed by atoms with Crippen molar-refractivity contribution in [2.75, 3.05) is 18.8 Å². The molecule has 1 saturated carbocycles. The first-order valence-electron chi connectivity index (χ1n) is 7.82. The van der Waals surface area contributed by atoms with Crippen LogP contribution in [0.4, 0.5) is 0 Å². The van der Waals surface area contributed by atoms with E-state index in [-0.39, 0.29) is 5.75 Å². The molecule has 0 atom stereocenters. The average molecular weight is 312 g/mol. The van der Waals surface area contributed by atoms with Crippen molar-refractivity contribution < 1.29 is 8.42 Å². The van der Waals surface area contributed by atoms with E-state index in [1.54, 1.807) is 11.2 Å². The summed E-state index contributed by atoms with van der Waals surface area (Å²) < 4.78 is 27.5. The van der Waals surface area contributed by atoms with Crippen molar-refractivity contribution in [1.29, 1.82) is 0 Å². The molecule has 0 unspecified atom stereocenters. The highest BCUT2D eigenvalue weighted by atomic mass is 32.2. The van der Waals surface area contributed by atoms with Gasteiger partial charge in [0.05, 0.1) is 17.8 Å². The van der Waals surface area contributed by atoms with Gasteiger partial charge in [-0.05, 0) is 32.6 Å². The van der Waals surface area contributed by atoms with Gasteiger partial charge in [-0.2, -0.15) is 0 Å². The first-order chi connectivity index (χ1) is 10.1. The summed E-state index contributed by atoms with van der Waals surface area (Å²) in [6, 6.07) is 1.05. The molecule has 1 N–H and O–H groups in total. The van der Waals surface area contributed by atoms with Gasteiger partial charge in [0.15, 0.2) is 0 Å². The second-order valence-corrected chi connectivity index (χ2v) is 8.24. The summed E-state index contributed by atoms with van der Waals surface area (Å²) >= 11 is 0. The molecule has 0 aromatic carbocycles. The first-order valence-corrected chi connectivity index (χ1v) is 9.43. The Morgan fingerprint density at radius 3 is 2.62 bits per heavy atom. The van der Waals surface area contributed by atoms with Gasteiger partial charge in [0, 0.05) is 37.9 Å². The van der Waals surface area contributed by atoms with E-state index >= 15 is 0 Å². The van der Waals surface area contributed by atoms with E-state index in [1.807, 2.05) is 12.5 Å². The zero-order chi connectivity index (χ0) is 14.9. The van der Waals surface area contributed by atoms with Gasteiger partial charge in [-0.25, -0.2) is 17.7 Å². The Balaban J connectivity index is 1.48. The monoisotopic (exact) mass is 312 g/mol. The number of rotatable bonds is 6. The maximum absolute atomic E-state index is 11.8. The summed E-state index contributed by atoms with van der Waals surface area (Å²) in [4.78, 5) is 4.24. The van der Waals surface area contributed by atoms with E-state index in [1.165, 1.54) is 18.5 Å². The van der Waals surface area contributed by atoms with Gasteiger partial charge in [-0.3, -0.25) is 0 Å². The third-order valence-corrected chi connectivity index (χ3v) is 6.35. The van der Waals surface area contributed by atoms with Gasteiger partial charge < -0.3 is 9.88 Å². The summed E-state index contributed by atoms with van der Waals surface area (Å²) in [6.07, 6.45) is 8.15. The lowest BCUT2D eigenvalue weighted by atomic mass is 10.1. The van der Waals surface area contributed by atoms with Crippen LogP contribution < -0.4 is 5.32 Å². The molecular formula is C14H24N4O2S. The molecule has 118 valence electrons. The molecule has 0 amide bonds. The zero-order valence-corrected chi connectivity index (χ0v) is 13.3. The van der Waals surface area contributed by atoms with Gasteiger partial charge in [0.2, 0.25) is 10.0 Å². The molecule has 6 nitrogen and oxygen atoms in total. The molecule has 21 heavy (non-hydrogen) atoms. The summed E-state index contributed by atoms with van der Waals surface area (Å²) in [6.45, 7) is 3.80. The second kappa shape index (κ2) is 6.06. The van der Waals surface area contributed by atoms with Gasteiger partial charge >= 0.3 is 0 Å². The van der Waals surface area contributed by atoms with Gasteiger partial charge in [0.25, 0.3) is 0 Å². The summed E-state index contributed by atoms with van der Waals surface area (Å²) in [7, 11) is -3.02. The molecule has 1 aromatic rings. The summed E-state index contributed by atoms with van der Waals surface area (Å²) in [5.41, 5.74) is 1.24. The van der Waals surface area contributed by atoms with Crippen molar-refractivity contribution in [3.8, 4) is 0 Å². The molecule has 0 spiro atoms. The normalized spacial score (nSPS) is 21.8. The zero-order valence-electron chi connectivity index (χ0n) is 12.5. The Morgan fingerprint density at radius 2 is 2.00 bits per heavy atom. The highest BCUT2D eigenvalue weighted by Gasteiger charge is 2.27. The van der Waals surface area contributed by atoms with Gasteiger partial charge in [-0.1, -0.05) is 0 Å². The fraction of sp³-hybridized carbons (Fsp3) is 0.786. The minimum absolute atomic E-state index is 0.200. The average Bonchev–Trinajstić information content (AvgIpc) is 3.24. The van der Waals surface area contributed by atoms with E-state index < -0.39 is 10.0 Å². The van der Waals surface area contributed by atoms with Crippen LogP contribution in [0.25, 0.3) is 0 Å². The molecule has 1 aliphatic carbocycles. The number of nitrogens with zero attached hydrogens (tertiary/aromatic N) is 3. The number of nitrogens with one attached hydrogen (secondary N) is 1. The molecule has 0 radical (unpaired) electrons. The van der Waals surface area contributed by atoms with E-state index in [0.717, 1.165) is 19.4 Å². The summed E-state index contributed by atoms with van der Waals surface area (Å²) in [5.74, 6) is 0.200. The Labute approximate surface area is 126 Å². The fourth-order valence-corrected chi connectivity index (χ4v) is 4.05. The third-order valence-electron chi connectivity index (χ3n) is 4.47. The minimum Gasteiger partial charge on any atom is -0.330 e. The lowest BCUT2D eigenvalue weighted by Crippen LogP contribution is -2.45. The Bertz CT molecular complexity index is 572. The minimum atomic E-state index is -3.02. The topological polar surface area (TPSA) is 67.2 Å². The van der Waals surface area contributed by atoms with Gasteiger partial charge in [0.1, 0.15) is 0 Å². The predicted molar refractivity (Wildman–Crippen MR) is 81.4 cm³/mol. The van der Waals surface area contributed by atoms with E-state index in [0.29, 0.717) is 25.2 Å². The van der Waals surface area contributed by atoms with Crippen molar-refractivity contribution in [1.82, 2.24) is 19.2 Å². The molecule has 2 fully saturated rings. The van der Waals surface area contributed by atoms with Crippen LogP contribution >= 0.6 is 0 Å². The number of sulfonamides is 1. The maximum Gasteiger partial charge on any atom is 0.213 e. The quantitative estimate of drug-likeness (QED) is 0.855. The first kappa shape index (κ1) is 15.0. The molecule has 3 rings (SSSR count). The highest BCUT2D eigenvalue weighted by Crippen LogP contribution is 2.35. The molecule has 2 aliphatic rings.